The van der Waals surface area contributed by atoms with E-state index in [-0.39, 0.29) is 16.0 Å². The lowest BCUT2D eigenvalue weighted by atomic mass is 10.2. The van der Waals surface area contributed by atoms with Crippen LogP contribution >= 0.6 is 23.2 Å². The Morgan fingerprint density at radius 1 is 1.43 bits per heavy atom. The Bertz CT molecular complexity index is 345. The van der Waals surface area contributed by atoms with Crippen molar-refractivity contribution in [1.82, 2.24) is 0 Å². The van der Waals surface area contributed by atoms with E-state index < -0.39 is 6.67 Å². The average Bonchev–Trinajstić information content (AvgIpc) is 2.10. The Morgan fingerprint density at radius 3 is 2.29 bits per heavy atom. The van der Waals surface area contributed by atoms with Gasteiger partial charge in [-0.15, -0.1) is 0 Å². The molecule has 0 aliphatic carbocycles. The van der Waals surface area contributed by atoms with Crippen LogP contribution in [0.5, 0.6) is 0 Å². The van der Waals surface area contributed by atoms with Gasteiger partial charge in [-0.05, 0) is 17.7 Å². The summed E-state index contributed by atoms with van der Waals surface area (Å²) >= 11 is 11.6. The van der Waals surface area contributed by atoms with Gasteiger partial charge in [0.2, 0.25) is 5.91 Å². The first-order valence-corrected chi connectivity index (χ1v) is 4.61. The number of benzene rings is 1. The molecule has 76 valence electrons. The number of alkyl halides is 1. The van der Waals surface area contributed by atoms with Crippen molar-refractivity contribution in [3.8, 4) is 0 Å². The number of carbonyl (C=O) groups excluding carboxylic acids is 1. The van der Waals surface area contributed by atoms with Crippen molar-refractivity contribution in [3.63, 3.8) is 0 Å². The Morgan fingerprint density at radius 2 is 1.93 bits per heavy atom. The third-order valence-corrected chi connectivity index (χ3v) is 2.15. The number of halogens is 3. The standard InChI is InChI=1S/C9H8Cl2FNO/c1-5(14)13-9-7(10)2-6(4-12)3-8(9)11/h2-3H,4H2,1H3,(H,13,14). The van der Waals surface area contributed by atoms with Crippen molar-refractivity contribution >= 4 is 34.8 Å². The number of nitrogens with one attached hydrogen (secondary N) is 1. The molecule has 0 aromatic heterocycles. The predicted octanol–water partition coefficient (Wildman–Crippen LogP) is 3.42. The number of anilines is 1. The molecule has 1 rings (SSSR count). The highest BCUT2D eigenvalue weighted by Crippen LogP contribution is 2.32. The summed E-state index contributed by atoms with van der Waals surface area (Å²) < 4.78 is 12.3. The summed E-state index contributed by atoms with van der Waals surface area (Å²) in [6.07, 6.45) is 0. The van der Waals surface area contributed by atoms with Gasteiger partial charge in [-0.3, -0.25) is 4.79 Å². The van der Waals surface area contributed by atoms with E-state index in [1.165, 1.54) is 19.1 Å². The van der Waals surface area contributed by atoms with Crippen LogP contribution in [0.25, 0.3) is 0 Å². The fourth-order valence-electron chi connectivity index (χ4n) is 0.998. The smallest absolute Gasteiger partial charge is 0.221 e. The SMILES string of the molecule is CC(=O)Nc1c(Cl)cc(CF)cc1Cl. The molecule has 0 saturated heterocycles. The first-order chi connectivity index (χ1) is 6.54. The molecule has 2 nitrogen and oxygen atoms in total. The molecule has 0 unspecified atom stereocenters. The number of hydrogen-bond donors (Lipinski definition) is 1. The van der Waals surface area contributed by atoms with Crippen LogP contribution < -0.4 is 5.32 Å². The molecule has 0 saturated carbocycles. The summed E-state index contributed by atoms with van der Waals surface area (Å²) in [6, 6.07) is 2.86. The predicted molar refractivity (Wildman–Crippen MR) is 55.6 cm³/mol. The average molecular weight is 236 g/mol. The molecule has 0 aliphatic heterocycles. The van der Waals surface area contributed by atoms with Gasteiger partial charge < -0.3 is 5.32 Å². The van der Waals surface area contributed by atoms with Gasteiger partial charge in [0.15, 0.2) is 0 Å². The summed E-state index contributed by atoms with van der Waals surface area (Å²) in [5, 5.41) is 2.94. The maximum absolute atomic E-state index is 12.3. The maximum atomic E-state index is 12.3. The lowest BCUT2D eigenvalue weighted by Gasteiger charge is -2.08. The van der Waals surface area contributed by atoms with Gasteiger partial charge in [-0.2, -0.15) is 0 Å². The molecule has 1 aromatic rings. The first kappa shape index (κ1) is 11.3. The first-order valence-electron chi connectivity index (χ1n) is 3.86. The highest BCUT2D eigenvalue weighted by Gasteiger charge is 2.09. The molecule has 1 N–H and O–H groups in total. The van der Waals surface area contributed by atoms with Crippen molar-refractivity contribution in [2.24, 2.45) is 0 Å². The highest BCUT2D eigenvalue weighted by atomic mass is 35.5. The van der Waals surface area contributed by atoms with Crippen molar-refractivity contribution in [2.45, 2.75) is 13.6 Å². The normalized spacial score (nSPS) is 10.0. The Labute approximate surface area is 91.0 Å². The number of rotatable bonds is 2. The van der Waals surface area contributed by atoms with Gasteiger partial charge in [0.05, 0.1) is 15.7 Å². The van der Waals surface area contributed by atoms with Crippen LogP contribution in [0, 0.1) is 0 Å². The summed E-state index contributed by atoms with van der Waals surface area (Å²) in [4.78, 5) is 10.8. The Kier molecular flexibility index (Phi) is 3.72. The summed E-state index contributed by atoms with van der Waals surface area (Å²) in [7, 11) is 0. The van der Waals surface area contributed by atoms with Crippen LogP contribution in [0.2, 0.25) is 10.0 Å². The maximum Gasteiger partial charge on any atom is 0.221 e. The van der Waals surface area contributed by atoms with E-state index in [1.807, 2.05) is 0 Å². The van der Waals surface area contributed by atoms with Gasteiger partial charge >= 0.3 is 0 Å². The van der Waals surface area contributed by atoms with E-state index in [9.17, 15) is 9.18 Å². The minimum Gasteiger partial charge on any atom is -0.324 e. The molecule has 0 atom stereocenters. The minimum atomic E-state index is -0.639. The van der Waals surface area contributed by atoms with Gasteiger partial charge in [0, 0.05) is 6.92 Å². The number of amides is 1. The zero-order valence-corrected chi connectivity index (χ0v) is 8.92. The molecule has 0 heterocycles. The lowest BCUT2D eigenvalue weighted by molar-refractivity contribution is -0.114. The molecule has 0 aliphatic rings. The fourth-order valence-corrected chi connectivity index (χ4v) is 1.62. The Hall–Kier alpha value is -0.800. The number of hydrogen-bond acceptors (Lipinski definition) is 1. The molecule has 14 heavy (non-hydrogen) atoms. The fraction of sp³-hybridized carbons (Fsp3) is 0.222. The van der Waals surface area contributed by atoms with Gasteiger partial charge in [-0.1, -0.05) is 23.2 Å². The van der Waals surface area contributed by atoms with E-state index in [0.29, 0.717) is 11.3 Å². The molecular formula is C9H8Cl2FNO. The summed E-state index contributed by atoms with van der Waals surface area (Å²) in [5.74, 6) is -0.276. The topological polar surface area (TPSA) is 29.1 Å². The molecular weight excluding hydrogens is 228 g/mol. The van der Waals surface area contributed by atoms with E-state index >= 15 is 0 Å². The van der Waals surface area contributed by atoms with Crippen LogP contribution in [0.1, 0.15) is 12.5 Å². The second-order valence-corrected chi connectivity index (χ2v) is 3.56. The van der Waals surface area contributed by atoms with Crippen LogP contribution in [-0.2, 0) is 11.5 Å². The van der Waals surface area contributed by atoms with E-state index in [2.05, 4.69) is 5.32 Å². The molecule has 0 spiro atoms. The van der Waals surface area contributed by atoms with E-state index in [1.54, 1.807) is 0 Å². The van der Waals surface area contributed by atoms with E-state index in [4.69, 9.17) is 23.2 Å². The van der Waals surface area contributed by atoms with Crippen molar-refractivity contribution < 1.29 is 9.18 Å². The molecule has 0 radical (unpaired) electrons. The van der Waals surface area contributed by atoms with Crippen LogP contribution in [0.3, 0.4) is 0 Å². The van der Waals surface area contributed by atoms with Crippen molar-refractivity contribution in [2.75, 3.05) is 5.32 Å². The third kappa shape index (κ3) is 2.59. The quantitative estimate of drug-likeness (QED) is 0.837. The molecule has 0 fully saturated rings. The number of carbonyl (C=O) groups is 1. The van der Waals surface area contributed by atoms with Crippen molar-refractivity contribution in [1.29, 1.82) is 0 Å². The summed E-state index contributed by atoms with van der Waals surface area (Å²) in [5.41, 5.74) is 0.701. The van der Waals surface area contributed by atoms with Gasteiger partial charge in [0.25, 0.3) is 0 Å². The van der Waals surface area contributed by atoms with Crippen LogP contribution in [-0.4, -0.2) is 5.91 Å². The van der Waals surface area contributed by atoms with Gasteiger partial charge in [0.1, 0.15) is 6.67 Å². The Balaban J connectivity index is 3.11. The minimum absolute atomic E-state index is 0.236. The molecule has 1 aromatic carbocycles. The van der Waals surface area contributed by atoms with Crippen molar-refractivity contribution in [3.05, 3.63) is 27.7 Å². The highest BCUT2D eigenvalue weighted by molar-refractivity contribution is 6.39. The lowest BCUT2D eigenvalue weighted by Crippen LogP contribution is -2.07. The second kappa shape index (κ2) is 4.62. The zero-order chi connectivity index (χ0) is 10.7. The molecule has 0 bridgehead atoms. The van der Waals surface area contributed by atoms with Crippen LogP contribution in [0.15, 0.2) is 12.1 Å². The second-order valence-electron chi connectivity index (χ2n) is 2.75. The molecule has 1 amide bonds. The van der Waals surface area contributed by atoms with E-state index in [0.717, 1.165) is 0 Å². The zero-order valence-electron chi connectivity index (χ0n) is 7.40. The summed E-state index contributed by atoms with van der Waals surface area (Å²) in [6.45, 7) is 0.704. The third-order valence-electron chi connectivity index (χ3n) is 1.56. The monoisotopic (exact) mass is 235 g/mol. The molecule has 5 heteroatoms. The van der Waals surface area contributed by atoms with Gasteiger partial charge in [-0.25, -0.2) is 4.39 Å². The largest absolute Gasteiger partial charge is 0.324 e. The van der Waals surface area contributed by atoms with Crippen LogP contribution in [0.4, 0.5) is 10.1 Å².